The van der Waals surface area contributed by atoms with Crippen molar-refractivity contribution in [2.75, 3.05) is 0 Å². The number of rotatable bonds is 2. The van der Waals surface area contributed by atoms with Gasteiger partial charge in [0, 0.05) is 43.6 Å². The third-order valence-corrected chi connectivity index (χ3v) is 5.44. The van der Waals surface area contributed by atoms with Gasteiger partial charge in [-0.05, 0) is 34.4 Å². The Morgan fingerprint density at radius 1 is 0.889 bits per heavy atom. The van der Waals surface area contributed by atoms with Crippen LogP contribution >= 0.6 is 0 Å². The van der Waals surface area contributed by atoms with Crippen LogP contribution in [0.1, 0.15) is 25.0 Å². The van der Waals surface area contributed by atoms with Gasteiger partial charge in [-0.3, -0.25) is 4.98 Å². The van der Waals surface area contributed by atoms with Crippen LogP contribution in [0.3, 0.4) is 0 Å². The van der Waals surface area contributed by atoms with Crippen molar-refractivity contribution in [2.24, 2.45) is 0 Å². The molecule has 3 heteroatoms. The zero-order valence-electron chi connectivity index (χ0n) is 15.2. The first-order chi connectivity index (χ1) is 12.7. The molecule has 0 fully saturated rings. The second-order valence-corrected chi connectivity index (χ2v) is 7.30. The number of hydrogen-bond donors (Lipinski definition) is 0. The molecule has 0 bridgehead atoms. The summed E-state index contributed by atoms with van der Waals surface area (Å²) in [5, 5.41) is 0. The van der Waals surface area contributed by atoms with Crippen LogP contribution in [0.5, 0.6) is 0 Å². The maximum absolute atomic E-state index is 4.56. The summed E-state index contributed by atoms with van der Waals surface area (Å²) < 4.78 is 2.14. The molecule has 0 aliphatic heterocycles. The van der Waals surface area contributed by atoms with E-state index in [-0.39, 0.29) is 25.5 Å². The zero-order valence-corrected chi connectivity index (χ0v) is 17.6. The second kappa shape index (κ2) is 6.60. The van der Waals surface area contributed by atoms with Gasteiger partial charge in [0.05, 0.1) is 5.82 Å². The minimum atomic E-state index is 0. The molecule has 5 rings (SSSR count). The van der Waals surface area contributed by atoms with E-state index in [2.05, 4.69) is 71.9 Å². The van der Waals surface area contributed by atoms with Gasteiger partial charge >= 0.3 is 0 Å². The number of benzene rings is 3. The Hall–Kier alpha value is -2.48. The summed E-state index contributed by atoms with van der Waals surface area (Å²) >= 11 is 0. The molecular formula is C24H19IrN2-. The third kappa shape index (κ3) is 2.70. The van der Waals surface area contributed by atoms with Crippen LogP contribution in [0.2, 0.25) is 0 Å². The normalized spacial score (nSPS) is 13.6. The molecule has 1 aliphatic rings. The average molecular weight is 528 g/mol. The Morgan fingerprint density at radius 3 is 2.48 bits per heavy atom. The fraction of sp³-hybridized carbons (Fsp3) is 0.125. The van der Waals surface area contributed by atoms with Gasteiger partial charge in [-0.2, -0.15) is 0 Å². The van der Waals surface area contributed by atoms with Crippen LogP contribution in [0, 0.1) is 6.07 Å². The average Bonchev–Trinajstić information content (AvgIpc) is 3.25. The van der Waals surface area contributed by atoms with Crippen molar-refractivity contribution in [1.29, 1.82) is 0 Å². The number of fused-ring (bicyclic) bond motifs is 3. The molecule has 0 atom stereocenters. The molecule has 27 heavy (non-hydrogen) atoms. The molecule has 0 saturated heterocycles. The fourth-order valence-corrected chi connectivity index (χ4v) is 4.09. The molecule has 2 nitrogen and oxygen atoms in total. The Morgan fingerprint density at radius 2 is 1.67 bits per heavy atom. The third-order valence-electron chi connectivity index (χ3n) is 5.44. The summed E-state index contributed by atoms with van der Waals surface area (Å²) in [5.41, 5.74) is 7.59. The standard InChI is InChI=1S/C24H19N2.Ir/c1-24(2)21-11-7-6-10-19(21)20-13-12-18(16-22(20)24)26-15-14-25-23(26)17-8-4-3-5-9-17;/h3-8,10-16H,1-2H3;/q-1;. The van der Waals surface area contributed by atoms with Crippen molar-refractivity contribution < 1.29 is 20.1 Å². The van der Waals surface area contributed by atoms with E-state index in [4.69, 9.17) is 0 Å². The van der Waals surface area contributed by atoms with Crippen LogP contribution in [-0.4, -0.2) is 9.55 Å². The minimum Gasteiger partial charge on any atom is -0.340 e. The Labute approximate surface area is 173 Å². The summed E-state index contributed by atoms with van der Waals surface area (Å²) in [5.74, 6) is 0.916. The van der Waals surface area contributed by atoms with Crippen molar-refractivity contribution >= 4 is 0 Å². The molecule has 135 valence electrons. The monoisotopic (exact) mass is 528 g/mol. The maximum Gasteiger partial charge on any atom is 0.0602 e. The van der Waals surface area contributed by atoms with Gasteiger partial charge in [0.1, 0.15) is 0 Å². The first-order valence-electron chi connectivity index (χ1n) is 8.91. The van der Waals surface area contributed by atoms with Crippen LogP contribution in [0.4, 0.5) is 0 Å². The molecular weight excluding hydrogens is 508 g/mol. The molecule has 0 unspecified atom stereocenters. The fourth-order valence-electron chi connectivity index (χ4n) is 4.09. The maximum atomic E-state index is 4.56. The Balaban J connectivity index is 0.00000180. The first-order valence-corrected chi connectivity index (χ1v) is 8.91. The topological polar surface area (TPSA) is 17.8 Å². The Kier molecular flexibility index (Phi) is 4.38. The van der Waals surface area contributed by atoms with Crippen molar-refractivity contribution in [3.8, 4) is 28.2 Å². The van der Waals surface area contributed by atoms with Crippen LogP contribution < -0.4 is 0 Å². The van der Waals surface area contributed by atoms with E-state index in [9.17, 15) is 0 Å². The molecule has 1 heterocycles. The van der Waals surface area contributed by atoms with Crippen LogP contribution in [0.25, 0.3) is 28.2 Å². The number of imidazole rings is 1. The van der Waals surface area contributed by atoms with Gasteiger partial charge < -0.3 is 4.57 Å². The molecule has 1 aliphatic carbocycles. The van der Waals surface area contributed by atoms with E-state index in [0.717, 1.165) is 17.1 Å². The van der Waals surface area contributed by atoms with Gasteiger partial charge in [0.15, 0.2) is 0 Å². The van der Waals surface area contributed by atoms with Crippen LogP contribution in [-0.2, 0) is 25.5 Å². The number of nitrogens with zero attached hydrogens (tertiary/aromatic N) is 2. The molecule has 3 aromatic carbocycles. The summed E-state index contributed by atoms with van der Waals surface area (Å²) in [6.45, 7) is 4.61. The zero-order chi connectivity index (χ0) is 17.7. The van der Waals surface area contributed by atoms with Crippen LogP contribution in [0.15, 0.2) is 79.1 Å². The molecule has 0 amide bonds. The van der Waals surface area contributed by atoms with E-state index in [0.29, 0.717) is 0 Å². The van der Waals surface area contributed by atoms with Gasteiger partial charge in [0.25, 0.3) is 0 Å². The molecule has 1 radical (unpaired) electrons. The predicted octanol–water partition coefficient (Wildman–Crippen LogP) is 5.64. The number of hydrogen-bond acceptors (Lipinski definition) is 1. The largest absolute Gasteiger partial charge is 0.340 e. The molecule has 4 aromatic rings. The summed E-state index contributed by atoms with van der Waals surface area (Å²) in [6.07, 6.45) is 3.87. The van der Waals surface area contributed by atoms with Gasteiger partial charge in [-0.1, -0.05) is 44.2 Å². The van der Waals surface area contributed by atoms with Gasteiger partial charge in [-0.25, -0.2) is 0 Å². The van der Waals surface area contributed by atoms with E-state index < -0.39 is 0 Å². The summed E-state index contributed by atoms with van der Waals surface area (Å²) in [4.78, 5) is 4.56. The van der Waals surface area contributed by atoms with Crippen molar-refractivity contribution in [2.45, 2.75) is 19.3 Å². The summed E-state index contributed by atoms with van der Waals surface area (Å²) in [7, 11) is 0. The minimum absolute atomic E-state index is 0. The van der Waals surface area contributed by atoms with Gasteiger partial charge in [0.2, 0.25) is 0 Å². The van der Waals surface area contributed by atoms with E-state index >= 15 is 0 Å². The molecule has 0 spiro atoms. The van der Waals surface area contributed by atoms with E-state index in [1.807, 2.05) is 36.7 Å². The SMILES string of the molecule is CC1(C)c2ccccc2-c2ccc(-n3ccnc3-c3[c-]cccc3)cc21.[Ir]. The van der Waals surface area contributed by atoms with Crippen molar-refractivity contribution in [1.82, 2.24) is 9.55 Å². The predicted molar refractivity (Wildman–Crippen MR) is 105 cm³/mol. The van der Waals surface area contributed by atoms with E-state index in [1.54, 1.807) is 0 Å². The first kappa shape index (κ1) is 17.9. The van der Waals surface area contributed by atoms with Crippen molar-refractivity contribution in [3.63, 3.8) is 0 Å². The Bertz CT molecular complexity index is 1110. The van der Waals surface area contributed by atoms with Gasteiger partial charge in [-0.15, -0.1) is 35.9 Å². The smallest absolute Gasteiger partial charge is 0.0602 e. The number of aromatic nitrogens is 2. The molecule has 1 aromatic heterocycles. The molecule has 0 N–H and O–H groups in total. The van der Waals surface area contributed by atoms with E-state index in [1.165, 1.54) is 22.3 Å². The quantitative estimate of drug-likeness (QED) is 0.309. The summed E-state index contributed by atoms with van der Waals surface area (Å²) in [6, 6.07) is 26.7. The molecule has 0 saturated carbocycles. The second-order valence-electron chi connectivity index (χ2n) is 7.30. The van der Waals surface area contributed by atoms with Crippen molar-refractivity contribution in [3.05, 3.63) is 96.3 Å².